The molecule has 3 nitrogen and oxygen atoms in total. The van der Waals surface area contributed by atoms with E-state index < -0.39 is 0 Å². The molecule has 0 bridgehead atoms. The Morgan fingerprint density at radius 1 is 1.41 bits per heavy atom. The van der Waals surface area contributed by atoms with E-state index in [0.717, 1.165) is 31.2 Å². The molecule has 17 heavy (non-hydrogen) atoms. The molecule has 0 aliphatic carbocycles. The Bertz CT molecular complexity index is 243. The molecule has 1 saturated heterocycles. The normalized spacial score (nSPS) is 22.6. The van der Waals surface area contributed by atoms with E-state index in [2.05, 4.69) is 42.9 Å². The second-order valence-corrected chi connectivity index (χ2v) is 5.84. The van der Waals surface area contributed by atoms with Crippen LogP contribution in [0, 0.1) is 5.92 Å². The zero-order valence-electron chi connectivity index (χ0n) is 11.7. The first-order chi connectivity index (χ1) is 8.04. The molecule has 1 N–H and O–H groups in total. The lowest BCUT2D eigenvalue weighted by Gasteiger charge is -2.32. The highest BCUT2D eigenvalue weighted by Gasteiger charge is 2.23. The summed E-state index contributed by atoms with van der Waals surface area (Å²) in [6, 6.07) is 0.565. The van der Waals surface area contributed by atoms with Gasteiger partial charge in [0.2, 0.25) is 0 Å². The van der Waals surface area contributed by atoms with E-state index in [4.69, 9.17) is 12.2 Å². The number of likely N-dealkylation sites (N-methyl/N-ethyl adjacent to an activating group) is 1. The van der Waals surface area contributed by atoms with Crippen LogP contribution in [-0.2, 0) is 0 Å². The highest BCUT2D eigenvalue weighted by atomic mass is 32.1. The summed E-state index contributed by atoms with van der Waals surface area (Å²) in [6.07, 6.45) is 2.37. The third-order valence-corrected chi connectivity index (χ3v) is 3.67. The predicted molar refractivity (Wildman–Crippen MR) is 78.3 cm³/mol. The molecule has 1 aliphatic rings. The summed E-state index contributed by atoms with van der Waals surface area (Å²) < 4.78 is 0. The number of rotatable bonds is 3. The second-order valence-electron chi connectivity index (χ2n) is 5.45. The molecule has 1 heterocycles. The van der Waals surface area contributed by atoms with Crippen molar-refractivity contribution in [2.45, 2.75) is 39.7 Å². The van der Waals surface area contributed by atoms with Crippen LogP contribution in [0.4, 0.5) is 0 Å². The van der Waals surface area contributed by atoms with Crippen LogP contribution in [-0.4, -0.2) is 54.2 Å². The molecule has 0 aromatic carbocycles. The average Bonchev–Trinajstić information content (AvgIpc) is 2.47. The van der Waals surface area contributed by atoms with Gasteiger partial charge < -0.3 is 15.1 Å². The minimum Gasteiger partial charge on any atom is -0.362 e. The first-order valence-electron chi connectivity index (χ1n) is 6.77. The van der Waals surface area contributed by atoms with Crippen LogP contribution in [0.25, 0.3) is 0 Å². The van der Waals surface area contributed by atoms with E-state index in [1.54, 1.807) is 0 Å². The highest BCUT2D eigenvalue weighted by Crippen LogP contribution is 2.12. The van der Waals surface area contributed by atoms with Crippen LogP contribution in [0.3, 0.4) is 0 Å². The van der Waals surface area contributed by atoms with Gasteiger partial charge in [0.15, 0.2) is 5.11 Å². The van der Waals surface area contributed by atoms with E-state index in [1.807, 2.05) is 0 Å². The second kappa shape index (κ2) is 7.17. The van der Waals surface area contributed by atoms with Crippen LogP contribution in [0.1, 0.15) is 33.6 Å². The van der Waals surface area contributed by atoms with E-state index in [9.17, 15) is 0 Å². The smallest absolute Gasteiger partial charge is 0.169 e. The van der Waals surface area contributed by atoms with Gasteiger partial charge >= 0.3 is 0 Å². The molecule has 1 rings (SSSR count). The Hall–Kier alpha value is -0.350. The van der Waals surface area contributed by atoms with Crippen molar-refractivity contribution in [2.75, 3.05) is 33.2 Å². The fourth-order valence-corrected chi connectivity index (χ4v) is 2.58. The summed E-state index contributed by atoms with van der Waals surface area (Å²) in [5.41, 5.74) is 0. The van der Waals surface area contributed by atoms with Crippen LogP contribution in [0.15, 0.2) is 0 Å². The van der Waals surface area contributed by atoms with Crippen LogP contribution >= 0.6 is 12.2 Å². The van der Waals surface area contributed by atoms with Gasteiger partial charge in [-0.2, -0.15) is 0 Å². The summed E-state index contributed by atoms with van der Waals surface area (Å²) in [5.74, 6) is 0.641. The SMILES string of the molecule is CCC1CN(C)CCCN1C(=S)NCC(C)C. The molecule has 1 aliphatic heterocycles. The fourth-order valence-electron chi connectivity index (χ4n) is 2.25. The summed E-state index contributed by atoms with van der Waals surface area (Å²) in [5, 5.41) is 4.34. The molecule has 1 fully saturated rings. The lowest BCUT2D eigenvalue weighted by molar-refractivity contribution is 0.261. The van der Waals surface area contributed by atoms with Crippen molar-refractivity contribution in [3.05, 3.63) is 0 Å². The van der Waals surface area contributed by atoms with Crippen molar-refractivity contribution < 1.29 is 0 Å². The van der Waals surface area contributed by atoms with Gasteiger partial charge in [-0.1, -0.05) is 20.8 Å². The van der Waals surface area contributed by atoms with Gasteiger partial charge in [0, 0.05) is 25.7 Å². The molecule has 100 valence electrons. The minimum absolute atomic E-state index is 0.565. The minimum atomic E-state index is 0.565. The maximum Gasteiger partial charge on any atom is 0.169 e. The monoisotopic (exact) mass is 257 g/mol. The molecule has 4 heteroatoms. The number of thiocarbonyl (C=S) groups is 1. The Morgan fingerprint density at radius 2 is 2.12 bits per heavy atom. The van der Waals surface area contributed by atoms with Crippen LogP contribution in [0.5, 0.6) is 0 Å². The average molecular weight is 257 g/mol. The first kappa shape index (κ1) is 14.7. The zero-order chi connectivity index (χ0) is 12.8. The Labute approximate surface area is 112 Å². The standard InChI is InChI=1S/C13H27N3S/c1-5-12-10-15(4)7-6-8-16(12)13(17)14-9-11(2)3/h11-12H,5-10H2,1-4H3,(H,14,17). The highest BCUT2D eigenvalue weighted by molar-refractivity contribution is 7.80. The van der Waals surface area contributed by atoms with Crippen molar-refractivity contribution in [3.8, 4) is 0 Å². The molecule has 1 unspecified atom stereocenters. The lowest BCUT2D eigenvalue weighted by atomic mass is 10.2. The van der Waals surface area contributed by atoms with Crippen LogP contribution < -0.4 is 5.32 Å². The van der Waals surface area contributed by atoms with Gasteiger partial charge in [0.25, 0.3) is 0 Å². The molecule has 1 atom stereocenters. The Balaban J connectivity index is 2.55. The van der Waals surface area contributed by atoms with Gasteiger partial charge in [-0.25, -0.2) is 0 Å². The van der Waals surface area contributed by atoms with Crippen molar-refractivity contribution in [3.63, 3.8) is 0 Å². The van der Waals surface area contributed by atoms with E-state index in [1.165, 1.54) is 13.0 Å². The summed E-state index contributed by atoms with van der Waals surface area (Å²) in [6.45, 7) is 11.0. The molecule has 0 amide bonds. The number of hydrogen-bond acceptors (Lipinski definition) is 2. The number of nitrogens with zero attached hydrogens (tertiary/aromatic N) is 2. The number of nitrogens with one attached hydrogen (secondary N) is 1. The first-order valence-corrected chi connectivity index (χ1v) is 7.18. The van der Waals surface area contributed by atoms with Crippen molar-refractivity contribution in [1.82, 2.24) is 15.1 Å². The van der Waals surface area contributed by atoms with Crippen LogP contribution in [0.2, 0.25) is 0 Å². The maximum absolute atomic E-state index is 5.53. The molecule has 0 aromatic heterocycles. The molecule has 0 spiro atoms. The quantitative estimate of drug-likeness (QED) is 0.779. The van der Waals surface area contributed by atoms with Gasteiger partial charge in [0.05, 0.1) is 0 Å². The van der Waals surface area contributed by atoms with E-state index >= 15 is 0 Å². The van der Waals surface area contributed by atoms with Crippen molar-refractivity contribution in [2.24, 2.45) is 5.92 Å². The lowest BCUT2D eigenvalue weighted by Crippen LogP contribution is -2.48. The molecular weight excluding hydrogens is 230 g/mol. The third-order valence-electron chi connectivity index (χ3n) is 3.30. The number of hydrogen-bond donors (Lipinski definition) is 1. The predicted octanol–water partition coefficient (Wildman–Crippen LogP) is 1.93. The molecule has 0 saturated carbocycles. The van der Waals surface area contributed by atoms with Gasteiger partial charge in [-0.15, -0.1) is 0 Å². The van der Waals surface area contributed by atoms with Gasteiger partial charge in [-0.05, 0) is 44.6 Å². The topological polar surface area (TPSA) is 18.5 Å². The summed E-state index contributed by atoms with van der Waals surface area (Å²) >= 11 is 5.53. The fraction of sp³-hybridized carbons (Fsp3) is 0.923. The third kappa shape index (κ3) is 4.80. The van der Waals surface area contributed by atoms with Gasteiger partial charge in [0.1, 0.15) is 0 Å². The van der Waals surface area contributed by atoms with E-state index in [-0.39, 0.29) is 0 Å². The van der Waals surface area contributed by atoms with Crippen molar-refractivity contribution >= 4 is 17.3 Å². The van der Waals surface area contributed by atoms with E-state index in [0.29, 0.717) is 12.0 Å². The zero-order valence-corrected chi connectivity index (χ0v) is 12.5. The molecular formula is C13H27N3S. The molecule has 0 aromatic rings. The Morgan fingerprint density at radius 3 is 2.71 bits per heavy atom. The molecule has 0 radical (unpaired) electrons. The van der Waals surface area contributed by atoms with Crippen molar-refractivity contribution in [1.29, 1.82) is 0 Å². The Kier molecular flexibility index (Phi) is 6.20. The maximum atomic E-state index is 5.53. The summed E-state index contributed by atoms with van der Waals surface area (Å²) in [4.78, 5) is 4.81. The summed E-state index contributed by atoms with van der Waals surface area (Å²) in [7, 11) is 2.21. The van der Waals surface area contributed by atoms with Gasteiger partial charge in [-0.3, -0.25) is 0 Å². The largest absolute Gasteiger partial charge is 0.362 e.